The molecule has 0 aliphatic carbocycles. The van der Waals surface area contributed by atoms with Gasteiger partial charge in [-0.05, 0) is 46.2 Å². The quantitative estimate of drug-likeness (QED) is 0.563. The van der Waals surface area contributed by atoms with Crippen LogP contribution in [0.2, 0.25) is 0 Å². The Kier molecular flexibility index (Phi) is 6.69. The summed E-state index contributed by atoms with van der Waals surface area (Å²) in [5, 5.41) is 0. The summed E-state index contributed by atoms with van der Waals surface area (Å²) in [7, 11) is 0. The average molecular weight is 278 g/mol. The highest BCUT2D eigenvalue weighted by Gasteiger charge is 2.16. The van der Waals surface area contributed by atoms with Crippen LogP contribution in [0.5, 0.6) is 5.75 Å². The fourth-order valence-electron chi connectivity index (χ4n) is 2.33. The lowest BCUT2D eigenvalue weighted by atomic mass is 10.1. The lowest BCUT2D eigenvalue weighted by Crippen LogP contribution is -2.32. The van der Waals surface area contributed by atoms with Gasteiger partial charge in [0.25, 0.3) is 0 Å². The molecule has 0 heterocycles. The smallest absolute Gasteiger partial charge is 0.144 e. The van der Waals surface area contributed by atoms with Crippen molar-refractivity contribution in [3.63, 3.8) is 0 Å². The minimum absolute atomic E-state index is 0.139. The maximum Gasteiger partial charge on any atom is 0.144 e. The molecule has 0 spiro atoms. The lowest BCUT2D eigenvalue weighted by Gasteiger charge is -2.31. The van der Waals surface area contributed by atoms with Gasteiger partial charge >= 0.3 is 0 Å². The van der Waals surface area contributed by atoms with E-state index in [2.05, 4.69) is 31.7 Å². The van der Waals surface area contributed by atoms with Crippen molar-refractivity contribution in [3.8, 4) is 5.75 Å². The summed E-state index contributed by atoms with van der Waals surface area (Å²) in [5.41, 5.74) is 8.16. The van der Waals surface area contributed by atoms with Gasteiger partial charge in [-0.25, -0.2) is 0 Å². The van der Waals surface area contributed by atoms with Crippen LogP contribution in [-0.4, -0.2) is 18.7 Å². The third kappa shape index (κ3) is 4.62. The molecule has 1 rings (SSSR count). The highest BCUT2D eigenvalue weighted by Crippen LogP contribution is 2.34. The minimum Gasteiger partial charge on any atom is -0.489 e. The van der Waals surface area contributed by atoms with Gasteiger partial charge in [0.05, 0.1) is 17.5 Å². The molecule has 0 fully saturated rings. The second-order valence-corrected chi connectivity index (χ2v) is 5.85. The van der Waals surface area contributed by atoms with Crippen LogP contribution in [0.1, 0.15) is 53.9 Å². The predicted molar refractivity (Wildman–Crippen MR) is 88.6 cm³/mol. The molecule has 0 unspecified atom stereocenters. The zero-order valence-corrected chi connectivity index (χ0v) is 13.6. The molecule has 0 aliphatic rings. The van der Waals surface area contributed by atoms with E-state index in [0.29, 0.717) is 6.04 Å². The second-order valence-electron chi connectivity index (χ2n) is 5.85. The number of ether oxygens (including phenoxy) is 1. The molecule has 0 aromatic heterocycles. The van der Waals surface area contributed by atoms with Crippen LogP contribution < -0.4 is 15.4 Å². The van der Waals surface area contributed by atoms with Gasteiger partial charge < -0.3 is 15.4 Å². The van der Waals surface area contributed by atoms with E-state index in [4.69, 9.17) is 10.5 Å². The summed E-state index contributed by atoms with van der Waals surface area (Å²) in [5.74, 6) is 0.790. The highest BCUT2D eigenvalue weighted by atomic mass is 16.5. The van der Waals surface area contributed by atoms with E-state index in [1.54, 1.807) is 0 Å². The van der Waals surface area contributed by atoms with Crippen LogP contribution in [0.4, 0.5) is 11.4 Å². The number of para-hydroxylation sites is 1. The molecule has 1 aromatic rings. The average Bonchev–Trinajstić information content (AvgIpc) is 2.37. The van der Waals surface area contributed by atoms with E-state index in [1.165, 1.54) is 19.3 Å². The summed E-state index contributed by atoms with van der Waals surface area (Å²) in [6.45, 7) is 11.7. The summed E-state index contributed by atoms with van der Waals surface area (Å²) in [4.78, 5) is 2.37. The molecule has 0 amide bonds. The topological polar surface area (TPSA) is 38.5 Å². The van der Waals surface area contributed by atoms with Gasteiger partial charge in [0, 0.05) is 12.6 Å². The largest absolute Gasteiger partial charge is 0.489 e. The number of hydrogen-bond donors (Lipinski definition) is 1. The third-order valence-electron chi connectivity index (χ3n) is 3.34. The second kappa shape index (κ2) is 8.03. The molecule has 0 saturated carbocycles. The van der Waals surface area contributed by atoms with Crippen LogP contribution in [0.15, 0.2) is 18.2 Å². The van der Waals surface area contributed by atoms with E-state index in [-0.39, 0.29) is 6.10 Å². The first-order chi connectivity index (χ1) is 9.47. The predicted octanol–water partition coefficient (Wildman–Crippen LogP) is 4.46. The normalized spacial score (nSPS) is 11.2. The summed E-state index contributed by atoms with van der Waals surface area (Å²) in [6, 6.07) is 6.50. The van der Waals surface area contributed by atoms with Gasteiger partial charge in [-0.15, -0.1) is 0 Å². The lowest BCUT2D eigenvalue weighted by molar-refractivity contribution is 0.244. The Labute approximate surface area is 124 Å². The van der Waals surface area contributed by atoms with Crippen molar-refractivity contribution in [2.75, 3.05) is 17.2 Å². The maximum atomic E-state index is 6.31. The Morgan fingerprint density at radius 2 is 1.85 bits per heavy atom. The van der Waals surface area contributed by atoms with Crippen LogP contribution in [0, 0.1) is 0 Å². The zero-order chi connectivity index (χ0) is 15.1. The molecule has 0 aliphatic heterocycles. The maximum absolute atomic E-state index is 6.31. The van der Waals surface area contributed by atoms with Crippen molar-refractivity contribution in [1.82, 2.24) is 0 Å². The van der Waals surface area contributed by atoms with Crippen LogP contribution >= 0.6 is 0 Å². The monoisotopic (exact) mass is 278 g/mol. The number of nitrogen functional groups attached to an aromatic ring is 1. The molecule has 0 saturated heterocycles. The number of anilines is 2. The van der Waals surface area contributed by atoms with Crippen LogP contribution in [0.25, 0.3) is 0 Å². The van der Waals surface area contributed by atoms with E-state index >= 15 is 0 Å². The Morgan fingerprint density at radius 1 is 1.15 bits per heavy atom. The fraction of sp³-hybridized carbons (Fsp3) is 0.647. The first-order valence-corrected chi connectivity index (χ1v) is 7.79. The van der Waals surface area contributed by atoms with Crippen molar-refractivity contribution in [2.45, 2.75) is 66.0 Å². The standard InChI is InChI=1S/C17H30N2O/c1-6-7-8-12-19(13(2)3)15-10-9-11-16(17(15)18)20-14(4)5/h9-11,13-14H,6-8,12,18H2,1-5H3. The minimum atomic E-state index is 0.139. The molecule has 2 N–H and O–H groups in total. The van der Waals surface area contributed by atoms with E-state index < -0.39 is 0 Å². The SMILES string of the molecule is CCCCCN(c1cccc(OC(C)C)c1N)C(C)C. The Morgan fingerprint density at radius 3 is 2.40 bits per heavy atom. The van der Waals surface area contributed by atoms with Crippen molar-refractivity contribution >= 4 is 11.4 Å². The Balaban J connectivity index is 2.95. The van der Waals surface area contributed by atoms with E-state index in [9.17, 15) is 0 Å². The molecule has 3 heteroatoms. The first-order valence-electron chi connectivity index (χ1n) is 7.79. The Bertz CT molecular complexity index is 402. The van der Waals surface area contributed by atoms with E-state index in [1.807, 2.05) is 26.0 Å². The summed E-state index contributed by atoms with van der Waals surface area (Å²) < 4.78 is 5.79. The fourth-order valence-corrected chi connectivity index (χ4v) is 2.33. The molecular formula is C17H30N2O. The van der Waals surface area contributed by atoms with Gasteiger partial charge in [-0.3, -0.25) is 0 Å². The number of unbranched alkanes of at least 4 members (excludes halogenated alkanes) is 2. The molecule has 3 nitrogen and oxygen atoms in total. The van der Waals surface area contributed by atoms with Gasteiger partial charge in [0.1, 0.15) is 5.75 Å². The van der Waals surface area contributed by atoms with Crippen molar-refractivity contribution in [2.24, 2.45) is 0 Å². The first kappa shape index (κ1) is 16.7. The van der Waals surface area contributed by atoms with Crippen LogP contribution in [0.3, 0.4) is 0 Å². The molecule has 1 aromatic carbocycles. The van der Waals surface area contributed by atoms with E-state index in [0.717, 1.165) is 23.7 Å². The van der Waals surface area contributed by atoms with Gasteiger partial charge in [0.15, 0.2) is 0 Å². The third-order valence-corrected chi connectivity index (χ3v) is 3.34. The highest BCUT2D eigenvalue weighted by molar-refractivity contribution is 5.74. The molecule has 0 atom stereocenters. The number of nitrogens with two attached hydrogens (primary N) is 1. The zero-order valence-electron chi connectivity index (χ0n) is 13.6. The van der Waals surface area contributed by atoms with Gasteiger partial charge in [-0.2, -0.15) is 0 Å². The van der Waals surface area contributed by atoms with Crippen molar-refractivity contribution in [3.05, 3.63) is 18.2 Å². The van der Waals surface area contributed by atoms with Crippen molar-refractivity contribution in [1.29, 1.82) is 0 Å². The van der Waals surface area contributed by atoms with Crippen molar-refractivity contribution < 1.29 is 4.74 Å². The summed E-state index contributed by atoms with van der Waals surface area (Å²) >= 11 is 0. The molecule has 0 bridgehead atoms. The molecular weight excluding hydrogens is 248 g/mol. The number of hydrogen-bond acceptors (Lipinski definition) is 3. The summed E-state index contributed by atoms with van der Waals surface area (Å²) in [6.07, 6.45) is 3.83. The number of rotatable bonds is 8. The van der Waals surface area contributed by atoms with Crippen LogP contribution in [-0.2, 0) is 0 Å². The molecule has 0 radical (unpaired) electrons. The molecule has 114 valence electrons. The Hall–Kier alpha value is -1.38. The molecule has 20 heavy (non-hydrogen) atoms. The van der Waals surface area contributed by atoms with Gasteiger partial charge in [0.2, 0.25) is 0 Å². The van der Waals surface area contributed by atoms with Gasteiger partial charge in [-0.1, -0.05) is 25.8 Å². The number of benzene rings is 1. The number of nitrogens with zero attached hydrogens (tertiary/aromatic N) is 1.